The first-order valence-electron chi connectivity index (χ1n) is 22.1. The number of anilines is 4. The van der Waals surface area contributed by atoms with Crippen molar-refractivity contribution >= 4 is 80.4 Å². The van der Waals surface area contributed by atoms with Gasteiger partial charge in [0.25, 0.3) is 0 Å². The van der Waals surface area contributed by atoms with Crippen LogP contribution in [0.3, 0.4) is 0 Å². The predicted octanol–water partition coefficient (Wildman–Crippen LogP) is 16.4. The van der Waals surface area contributed by atoms with Gasteiger partial charge in [-0.2, -0.15) is 0 Å². The average Bonchev–Trinajstić information content (AvgIpc) is 3.94. The fourth-order valence-electron chi connectivity index (χ4n) is 9.32. The molecule has 0 saturated heterocycles. The third kappa shape index (κ3) is 7.40. The van der Waals surface area contributed by atoms with E-state index in [4.69, 9.17) is 0 Å². The third-order valence-electron chi connectivity index (χ3n) is 12.5. The van der Waals surface area contributed by atoms with E-state index in [-0.39, 0.29) is 0 Å². The highest BCUT2D eigenvalue weighted by molar-refractivity contribution is 7.49. The molecule has 1 atom stereocenters. The van der Waals surface area contributed by atoms with Gasteiger partial charge in [0.2, 0.25) is 0 Å². The van der Waals surface area contributed by atoms with Gasteiger partial charge in [-0.3, -0.25) is 0 Å². The van der Waals surface area contributed by atoms with Crippen LogP contribution in [0, 0.1) is 0 Å². The zero-order valence-corrected chi connectivity index (χ0v) is 36.5. The number of hydrogen-bond donors (Lipinski definition) is 3. The number of rotatable bonds is 10. The molecule has 2 aromatic heterocycles. The lowest BCUT2D eigenvalue weighted by atomic mass is 9.99. The van der Waals surface area contributed by atoms with Gasteiger partial charge in [0.15, 0.2) is 0 Å². The molecule has 0 bridgehead atoms. The number of H-pyrrole nitrogens is 2. The maximum Gasteiger partial charge on any atom is 0.0708 e. The summed E-state index contributed by atoms with van der Waals surface area (Å²) in [6, 6.07) is 85.2. The molecule has 0 spiro atoms. The van der Waals surface area contributed by atoms with Gasteiger partial charge in [0.1, 0.15) is 0 Å². The van der Waals surface area contributed by atoms with Crippen molar-refractivity contribution in [1.82, 2.24) is 9.97 Å². The molecule has 0 aliphatic rings. The molecule has 10 aromatic carbocycles. The first-order chi connectivity index (χ1) is 32.2. The maximum absolute atomic E-state index is 3.96. The minimum Gasteiger partial charge on any atom is -0.354 e. The molecule has 308 valence electrons. The predicted molar refractivity (Wildman–Crippen MR) is 280 cm³/mol. The average molecular weight is 851 g/mol. The Labute approximate surface area is 379 Å². The Balaban J connectivity index is 0.982. The lowest BCUT2D eigenvalue weighted by Gasteiger charge is -2.27. The van der Waals surface area contributed by atoms with Gasteiger partial charge in [-0.25, -0.2) is 0 Å². The number of hydrogen-bond acceptors (Lipinski definition) is 2. The summed E-state index contributed by atoms with van der Waals surface area (Å²) in [7, 11) is 0.291. The van der Waals surface area contributed by atoms with Crippen LogP contribution in [0.4, 0.5) is 22.7 Å². The zero-order valence-electron chi connectivity index (χ0n) is 35.5. The van der Waals surface area contributed by atoms with E-state index in [9.17, 15) is 0 Å². The van der Waals surface area contributed by atoms with Gasteiger partial charge in [-0.1, -0.05) is 170 Å². The van der Waals surface area contributed by atoms with E-state index in [1.54, 1.807) is 0 Å². The smallest absolute Gasteiger partial charge is 0.0708 e. The summed E-state index contributed by atoms with van der Waals surface area (Å²) in [6.07, 6.45) is 0. The molecule has 2 heterocycles. The molecule has 4 nitrogen and oxygen atoms in total. The minimum absolute atomic E-state index is 0.291. The number of aromatic amines is 2. The molecule has 0 fully saturated rings. The molecule has 0 aliphatic heterocycles. The quantitative estimate of drug-likeness (QED) is 0.120. The van der Waals surface area contributed by atoms with E-state index in [2.05, 4.69) is 257 Å². The number of benzene rings is 10. The summed E-state index contributed by atoms with van der Waals surface area (Å²) in [5.41, 5.74) is 18.3. The van der Waals surface area contributed by atoms with Gasteiger partial charge >= 0.3 is 0 Å². The van der Waals surface area contributed by atoms with Crippen molar-refractivity contribution in [3.05, 3.63) is 237 Å². The van der Waals surface area contributed by atoms with Crippen molar-refractivity contribution in [2.45, 2.75) is 0 Å². The Hall–Kier alpha value is -8.17. The van der Waals surface area contributed by atoms with Crippen molar-refractivity contribution in [3.8, 4) is 44.5 Å². The molecule has 65 heavy (non-hydrogen) atoms. The summed E-state index contributed by atoms with van der Waals surface area (Å²) < 4.78 is 2.51. The van der Waals surface area contributed by atoms with E-state index >= 15 is 0 Å². The van der Waals surface area contributed by atoms with Crippen molar-refractivity contribution < 1.29 is 0 Å². The van der Waals surface area contributed by atoms with Gasteiger partial charge in [0.05, 0.1) is 22.4 Å². The summed E-state index contributed by atoms with van der Waals surface area (Å²) in [4.78, 5) is 7.79. The SMILES string of the molecule is c1ccc(-c2cccc(Nc3cccc4c3[nH]c3cc5c(cc34)[nH]c3c(N(Pc4cc(-c6ccccc6)cc(-c6ccccc6)c4)c4cccc(-c6ccccc6)c4)cccc35)c2)cc1. The molecule has 3 N–H and O–H groups in total. The Morgan fingerprint density at radius 2 is 0.815 bits per heavy atom. The second kappa shape index (κ2) is 16.5. The summed E-state index contributed by atoms with van der Waals surface area (Å²) in [5, 5.41) is 9.72. The van der Waals surface area contributed by atoms with Crippen LogP contribution in [0.5, 0.6) is 0 Å². The molecular formula is C60H43N4P. The molecule has 0 aliphatic carbocycles. The second-order valence-corrected chi connectivity index (χ2v) is 17.8. The Morgan fingerprint density at radius 1 is 0.338 bits per heavy atom. The highest BCUT2D eigenvalue weighted by Gasteiger charge is 2.20. The van der Waals surface area contributed by atoms with E-state index in [1.807, 2.05) is 0 Å². The fraction of sp³-hybridized carbons (Fsp3) is 0. The van der Waals surface area contributed by atoms with Crippen LogP contribution < -0.4 is 15.3 Å². The standard InChI is InChI=1S/C60H43N4P/c1-5-17-40(18-6-1)44-25-13-27-48(34-44)61-55-31-15-29-51-53-38-57-54(39-56(53)62-59(51)55)52-30-16-32-58(60(52)63-57)64(49-28-14-26-45(35-49)41-19-7-2-8-20-41)65-50-36-46(42-21-9-3-10-22-42)33-47(37-50)43-23-11-4-12-24-43/h1-39,61-63,65H. The van der Waals surface area contributed by atoms with Gasteiger partial charge in [-0.05, 0) is 117 Å². The highest BCUT2D eigenvalue weighted by Crippen LogP contribution is 2.45. The van der Waals surface area contributed by atoms with Crippen LogP contribution in [0.25, 0.3) is 88.1 Å². The number of fused-ring (bicyclic) bond motifs is 6. The van der Waals surface area contributed by atoms with Gasteiger partial charge < -0.3 is 20.0 Å². The van der Waals surface area contributed by atoms with E-state index in [0.717, 1.165) is 44.8 Å². The number of aromatic nitrogens is 2. The minimum atomic E-state index is 0.291. The van der Waals surface area contributed by atoms with Crippen LogP contribution in [-0.2, 0) is 0 Å². The van der Waals surface area contributed by atoms with Crippen molar-refractivity contribution in [3.63, 3.8) is 0 Å². The summed E-state index contributed by atoms with van der Waals surface area (Å²) in [5.74, 6) is 0. The largest absolute Gasteiger partial charge is 0.354 e. The summed E-state index contributed by atoms with van der Waals surface area (Å²) >= 11 is 0. The molecule has 5 heteroatoms. The van der Waals surface area contributed by atoms with Crippen LogP contribution in [0.1, 0.15) is 0 Å². The molecule has 0 amide bonds. The van der Waals surface area contributed by atoms with E-state index in [0.29, 0.717) is 8.73 Å². The number of para-hydroxylation sites is 2. The van der Waals surface area contributed by atoms with Gasteiger partial charge in [-0.15, -0.1) is 0 Å². The molecule has 12 rings (SSSR count). The normalized spacial score (nSPS) is 11.6. The molecule has 0 saturated carbocycles. The zero-order chi connectivity index (χ0) is 43.1. The Kier molecular flexibility index (Phi) is 9.78. The summed E-state index contributed by atoms with van der Waals surface area (Å²) in [6.45, 7) is 0. The van der Waals surface area contributed by atoms with Crippen LogP contribution in [0.2, 0.25) is 0 Å². The second-order valence-electron chi connectivity index (χ2n) is 16.6. The Bertz CT molecular complexity index is 3600. The van der Waals surface area contributed by atoms with Crippen molar-refractivity contribution in [1.29, 1.82) is 0 Å². The monoisotopic (exact) mass is 850 g/mol. The highest BCUT2D eigenvalue weighted by atomic mass is 31.1. The molecular weight excluding hydrogens is 808 g/mol. The Morgan fingerprint density at radius 3 is 1.42 bits per heavy atom. The van der Waals surface area contributed by atoms with Crippen LogP contribution in [-0.4, -0.2) is 9.97 Å². The van der Waals surface area contributed by atoms with Crippen LogP contribution in [0.15, 0.2) is 237 Å². The lowest BCUT2D eigenvalue weighted by molar-refractivity contribution is 1.42. The van der Waals surface area contributed by atoms with Gasteiger partial charge in [0, 0.05) is 52.7 Å². The topological polar surface area (TPSA) is 46.9 Å². The third-order valence-corrected chi connectivity index (χ3v) is 13.7. The van der Waals surface area contributed by atoms with E-state index < -0.39 is 0 Å². The number of nitrogens with one attached hydrogen (secondary N) is 3. The lowest BCUT2D eigenvalue weighted by Crippen LogP contribution is -2.12. The number of nitrogens with zero attached hydrogens (tertiary/aromatic N) is 1. The first-order valence-corrected chi connectivity index (χ1v) is 23.0. The molecule has 12 aromatic rings. The van der Waals surface area contributed by atoms with Crippen molar-refractivity contribution in [2.24, 2.45) is 0 Å². The molecule has 0 radical (unpaired) electrons. The molecule has 1 unspecified atom stereocenters. The maximum atomic E-state index is 3.96. The first kappa shape index (κ1) is 38.5. The van der Waals surface area contributed by atoms with Crippen LogP contribution >= 0.6 is 8.73 Å². The van der Waals surface area contributed by atoms with E-state index in [1.165, 1.54) is 71.4 Å². The fourth-order valence-corrected chi connectivity index (χ4v) is 10.6. The van der Waals surface area contributed by atoms with Crippen molar-refractivity contribution in [2.75, 3.05) is 9.99 Å².